The Morgan fingerprint density at radius 2 is 1.38 bits per heavy atom. The van der Waals surface area contributed by atoms with E-state index in [1.54, 1.807) is 0 Å². The van der Waals surface area contributed by atoms with E-state index in [1.807, 2.05) is 0 Å². The van der Waals surface area contributed by atoms with Crippen LogP contribution in [0.1, 0.15) is 48.0 Å². The van der Waals surface area contributed by atoms with Gasteiger partial charge in [0, 0.05) is 25.2 Å². The van der Waals surface area contributed by atoms with Crippen LogP contribution in [0.25, 0.3) is 0 Å². The van der Waals surface area contributed by atoms with E-state index < -0.39 is 0 Å². The van der Waals surface area contributed by atoms with Crippen LogP contribution in [-0.2, 0) is 0 Å². The molecule has 13 heavy (non-hydrogen) atoms. The molecule has 0 spiro atoms. The highest BCUT2D eigenvalue weighted by Crippen LogP contribution is 2.10. The van der Waals surface area contributed by atoms with Crippen molar-refractivity contribution < 1.29 is 0 Å². The van der Waals surface area contributed by atoms with Crippen LogP contribution >= 0.6 is 0 Å². The van der Waals surface area contributed by atoms with E-state index in [1.165, 1.54) is 13.0 Å². The van der Waals surface area contributed by atoms with Gasteiger partial charge in [0.25, 0.3) is 0 Å². The molecule has 0 aliphatic carbocycles. The summed E-state index contributed by atoms with van der Waals surface area (Å²) in [6.07, 6.45) is 1.23. The highest BCUT2D eigenvalue weighted by molar-refractivity contribution is 4.65. The molecule has 0 saturated heterocycles. The number of hydrogen-bond donors (Lipinski definition) is 0. The van der Waals surface area contributed by atoms with Gasteiger partial charge in [-0.05, 0) is 34.1 Å². The zero-order valence-electron chi connectivity index (χ0n) is 10.2. The van der Waals surface area contributed by atoms with E-state index in [0.717, 1.165) is 6.54 Å². The Bertz CT molecular complexity index is 113. The summed E-state index contributed by atoms with van der Waals surface area (Å²) in [6, 6.07) is 1.21. The predicted octanol–water partition coefficient (Wildman–Crippen LogP) is 2.75. The first kappa shape index (κ1) is 12.9. The van der Waals surface area contributed by atoms with Gasteiger partial charge in [0.2, 0.25) is 0 Å². The van der Waals surface area contributed by atoms with E-state index >= 15 is 0 Å². The summed E-state index contributed by atoms with van der Waals surface area (Å²) in [4.78, 5) is 0. The molecule has 0 amide bonds. The quantitative estimate of drug-likeness (QED) is 0.589. The minimum Gasteiger partial charge on any atom is -0.242 e. The molecule has 0 heterocycles. The van der Waals surface area contributed by atoms with Gasteiger partial charge in [0.15, 0.2) is 0 Å². The van der Waals surface area contributed by atoms with Crippen molar-refractivity contribution in [1.82, 2.24) is 10.0 Å². The van der Waals surface area contributed by atoms with Crippen molar-refractivity contribution >= 4 is 0 Å². The third-order valence-electron chi connectivity index (χ3n) is 2.23. The first-order valence-electron chi connectivity index (χ1n) is 5.57. The minimum atomic E-state index is 0.603. The van der Waals surface area contributed by atoms with Crippen LogP contribution in [-0.4, -0.2) is 35.2 Å². The molecule has 2 heteroatoms. The van der Waals surface area contributed by atoms with Crippen molar-refractivity contribution in [2.75, 3.05) is 13.1 Å². The SMILES string of the molecule is CCCN(CC)N(C(C)C)C(C)C. The molecule has 0 aromatic heterocycles. The molecule has 0 saturated carbocycles. The molecule has 0 aromatic rings. The molecule has 0 rings (SSSR count). The fourth-order valence-corrected chi connectivity index (χ4v) is 1.94. The van der Waals surface area contributed by atoms with Crippen molar-refractivity contribution in [3.63, 3.8) is 0 Å². The Labute approximate surface area is 83.9 Å². The topological polar surface area (TPSA) is 6.48 Å². The lowest BCUT2D eigenvalue weighted by atomic mass is 10.3. The molecule has 0 fully saturated rings. The van der Waals surface area contributed by atoms with Crippen LogP contribution in [0.4, 0.5) is 0 Å². The average molecular weight is 186 g/mol. The highest BCUT2D eigenvalue weighted by Gasteiger charge is 2.18. The van der Waals surface area contributed by atoms with Gasteiger partial charge in [-0.25, -0.2) is 10.0 Å². The van der Waals surface area contributed by atoms with E-state index in [2.05, 4.69) is 51.6 Å². The predicted molar refractivity (Wildman–Crippen MR) is 59.6 cm³/mol. The summed E-state index contributed by atoms with van der Waals surface area (Å²) < 4.78 is 0. The molecule has 0 aliphatic rings. The molecule has 0 N–H and O–H groups in total. The third kappa shape index (κ3) is 4.10. The van der Waals surface area contributed by atoms with Gasteiger partial charge in [0.1, 0.15) is 0 Å². The van der Waals surface area contributed by atoms with Crippen molar-refractivity contribution in [1.29, 1.82) is 0 Å². The number of rotatable bonds is 6. The van der Waals surface area contributed by atoms with Crippen LogP contribution in [0.3, 0.4) is 0 Å². The van der Waals surface area contributed by atoms with Gasteiger partial charge in [0.05, 0.1) is 0 Å². The van der Waals surface area contributed by atoms with Gasteiger partial charge in [-0.3, -0.25) is 0 Å². The number of nitrogens with zero attached hydrogens (tertiary/aromatic N) is 2. The largest absolute Gasteiger partial charge is 0.242 e. The molecule has 0 unspecified atom stereocenters. The zero-order valence-corrected chi connectivity index (χ0v) is 10.2. The van der Waals surface area contributed by atoms with Crippen LogP contribution in [0.2, 0.25) is 0 Å². The average Bonchev–Trinajstić information content (AvgIpc) is 2.02. The zero-order chi connectivity index (χ0) is 10.4. The maximum atomic E-state index is 2.48. The lowest BCUT2D eigenvalue weighted by Crippen LogP contribution is -2.50. The maximum Gasteiger partial charge on any atom is 0.0192 e. The molecule has 0 radical (unpaired) electrons. The summed E-state index contributed by atoms with van der Waals surface area (Å²) in [6.45, 7) is 15.8. The van der Waals surface area contributed by atoms with Crippen molar-refractivity contribution in [3.05, 3.63) is 0 Å². The molecule has 0 aliphatic heterocycles. The maximum absolute atomic E-state index is 2.48. The first-order valence-corrected chi connectivity index (χ1v) is 5.57. The first-order chi connectivity index (χ1) is 6.04. The van der Waals surface area contributed by atoms with Gasteiger partial charge in [-0.15, -0.1) is 0 Å². The Balaban J connectivity index is 4.30. The summed E-state index contributed by atoms with van der Waals surface area (Å²) >= 11 is 0. The molecule has 0 aromatic carbocycles. The van der Waals surface area contributed by atoms with Crippen LogP contribution < -0.4 is 0 Å². The number of hydrogen-bond acceptors (Lipinski definition) is 2. The second-order valence-electron chi connectivity index (χ2n) is 4.11. The van der Waals surface area contributed by atoms with Gasteiger partial charge in [-0.1, -0.05) is 13.8 Å². The van der Waals surface area contributed by atoms with Crippen LogP contribution in [0.5, 0.6) is 0 Å². The number of hydrazine groups is 1. The Kier molecular flexibility index (Phi) is 6.35. The van der Waals surface area contributed by atoms with Gasteiger partial charge < -0.3 is 0 Å². The molecule has 80 valence electrons. The smallest absolute Gasteiger partial charge is 0.0192 e. The monoisotopic (exact) mass is 186 g/mol. The minimum absolute atomic E-state index is 0.603. The Morgan fingerprint density at radius 1 is 0.923 bits per heavy atom. The third-order valence-corrected chi connectivity index (χ3v) is 2.23. The van der Waals surface area contributed by atoms with Crippen molar-refractivity contribution in [2.45, 2.75) is 60.0 Å². The lowest BCUT2D eigenvalue weighted by Gasteiger charge is -2.40. The summed E-state index contributed by atoms with van der Waals surface area (Å²) in [5, 5.41) is 4.93. The Hall–Kier alpha value is -0.0800. The molecular weight excluding hydrogens is 160 g/mol. The second kappa shape index (κ2) is 6.39. The van der Waals surface area contributed by atoms with E-state index in [-0.39, 0.29) is 0 Å². The van der Waals surface area contributed by atoms with Gasteiger partial charge in [-0.2, -0.15) is 0 Å². The molecule has 2 nitrogen and oxygen atoms in total. The van der Waals surface area contributed by atoms with Crippen LogP contribution in [0.15, 0.2) is 0 Å². The van der Waals surface area contributed by atoms with Crippen molar-refractivity contribution in [2.24, 2.45) is 0 Å². The van der Waals surface area contributed by atoms with E-state index in [9.17, 15) is 0 Å². The standard InChI is InChI=1S/C11H26N2/c1-7-9-12(8-2)13(10(3)4)11(5)6/h10-11H,7-9H2,1-6H3. The Morgan fingerprint density at radius 3 is 1.62 bits per heavy atom. The van der Waals surface area contributed by atoms with Crippen molar-refractivity contribution in [3.8, 4) is 0 Å². The highest BCUT2D eigenvalue weighted by atomic mass is 15.6. The summed E-state index contributed by atoms with van der Waals surface area (Å²) in [5.41, 5.74) is 0. The normalized spacial score (nSPS) is 12.5. The summed E-state index contributed by atoms with van der Waals surface area (Å²) in [5.74, 6) is 0. The molecule has 0 bridgehead atoms. The second-order valence-corrected chi connectivity index (χ2v) is 4.11. The fourth-order valence-electron chi connectivity index (χ4n) is 1.94. The van der Waals surface area contributed by atoms with E-state index in [0.29, 0.717) is 12.1 Å². The van der Waals surface area contributed by atoms with Gasteiger partial charge >= 0.3 is 0 Å². The van der Waals surface area contributed by atoms with Crippen LogP contribution in [0, 0.1) is 0 Å². The fraction of sp³-hybridized carbons (Fsp3) is 1.00. The lowest BCUT2D eigenvalue weighted by molar-refractivity contribution is -0.0720. The summed E-state index contributed by atoms with van der Waals surface area (Å²) in [7, 11) is 0. The van der Waals surface area contributed by atoms with E-state index in [4.69, 9.17) is 0 Å². The molecular formula is C11H26N2. The molecule has 0 atom stereocenters.